The maximum Gasteiger partial charge on any atom is 0.417 e. The lowest BCUT2D eigenvalue weighted by molar-refractivity contribution is -0.150. The number of rotatable bonds is 5. The van der Waals surface area contributed by atoms with Crippen LogP contribution in [0, 0.1) is 5.41 Å². The van der Waals surface area contributed by atoms with Crippen LogP contribution >= 0.6 is 0 Å². The molecule has 3 heterocycles. The van der Waals surface area contributed by atoms with Crippen LogP contribution in [0.15, 0.2) is 12.3 Å². The van der Waals surface area contributed by atoms with Gasteiger partial charge in [0.15, 0.2) is 0 Å². The fourth-order valence-corrected chi connectivity index (χ4v) is 5.52. The molecule has 32 heavy (non-hydrogen) atoms. The molecule has 2 N–H and O–H groups in total. The zero-order valence-electron chi connectivity index (χ0n) is 18.5. The van der Waals surface area contributed by atoms with E-state index in [0.29, 0.717) is 49.5 Å². The van der Waals surface area contributed by atoms with E-state index >= 15 is 0 Å². The third kappa shape index (κ3) is 4.65. The van der Waals surface area contributed by atoms with Crippen LogP contribution in [0.25, 0.3) is 0 Å². The molecule has 9 heteroatoms. The fraction of sp³-hybridized carbons (Fsp3) is 0.739. The number of amides is 1. The van der Waals surface area contributed by atoms with Crippen LogP contribution in [-0.2, 0) is 28.7 Å². The lowest BCUT2D eigenvalue weighted by Gasteiger charge is -2.39. The topological polar surface area (TPSA) is 74.7 Å². The lowest BCUT2D eigenvalue weighted by atomic mass is 9.77. The highest BCUT2D eigenvalue weighted by Gasteiger charge is 2.52. The van der Waals surface area contributed by atoms with Crippen LogP contribution < -0.4 is 5.32 Å². The van der Waals surface area contributed by atoms with Gasteiger partial charge >= 0.3 is 6.18 Å². The lowest BCUT2D eigenvalue weighted by Crippen LogP contribution is -2.51. The number of nitrogens with one attached hydrogen (secondary N) is 1. The molecule has 1 aliphatic carbocycles. The van der Waals surface area contributed by atoms with Crippen molar-refractivity contribution < 1.29 is 27.8 Å². The van der Waals surface area contributed by atoms with Crippen molar-refractivity contribution in [3.63, 3.8) is 0 Å². The summed E-state index contributed by atoms with van der Waals surface area (Å²) >= 11 is 0. The average Bonchev–Trinajstić information content (AvgIpc) is 3.22. The van der Waals surface area contributed by atoms with Gasteiger partial charge in [-0.3, -0.25) is 9.78 Å². The number of pyridine rings is 1. The van der Waals surface area contributed by atoms with E-state index in [1.807, 2.05) is 6.92 Å². The third-order valence-corrected chi connectivity index (χ3v) is 7.35. The zero-order valence-corrected chi connectivity index (χ0v) is 18.5. The summed E-state index contributed by atoms with van der Waals surface area (Å²) in [5, 5.41) is 14.6. The number of ether oxygens (including phenoxy) is 1. The van der Waals surface area contributed by atoms with Crippen LogP contribution in [0.2, 0.25) is 0 Å². The summed E-state index contributed by atoms with van der Waals surface area (Å²) in [7, 11) is 0. The SMILES string of the molecule is CCC(O)C1(C(=O)N2CCc3ncc(C(F)(F)F)cc3C2)CC[C@@H](NC2CCOCC2)C1. The normalized spacial score (nSPS) is 27.9. The van der Waals surface area contributed by atoms with Gasteiger partial charge in [0.1, 0.15) is 0 Å². The number of hydrogen-bond acceptors (Lipinski definition) is 5. The van der Waals surface area contributed by atoms with Gasteiger partial charge < -0.3 is 20.1 Å². The molecule has 2 unspecified atom stereocenters. The predicted molar refractivity (Wildman–Crippen MR) is 112 cm³/mol. The molecule has 1 aromatic heterocycles. The molecule has 2 fully saturated rings. The minimum atomic E-state index is -4.47. The fourth-order valence-electron chi connectivity index (χ4n) is 5.52. The molecule has 0 aromatic carbocycles. The molecule has 4 rings (SSSR count). The van der Waals surface area contributed by atoms with E-state index in [0.717, 1.165) is 44.7 Å². The van der Waals surface area contributed by atoms with Gasteiger partial charge in [-0.2, -0.15) is 13.2 Å². The van der Waals surface area contributed by atoms with Gasteiger partial charge in [-0.25, -0.2) is 0 Å². The summed E-state index contributed by atoms with van der Waals surface area (Å²) < 4.78 is 44.8. The summed E-state index contributed by atoms with van der Waals surface area (Å²) in [5.74, 6) is -0.147. The maximum atomic E-state index is 13.7. The van der Waals surface area contributed by atoms with Crippen molar-refractivity contribution >= 4 is 5.91 Å². The van der Waals surface area contributed by atoms with E-state index in [9.17, 15) is 23.1 Å². The standard InChI is InChI=1S/C23H32F3N3O3/c1-2-20(30)22(7-3-18(12-22)28-17-5-9-32-10-6-17)21(31)29-8-4-19-15(14-29)11-16(13-27-19)23(24,25)26/h11,13,17-18,20,28,30H,2-10,12,14H2,1H3/t18-,20?,22?/m1/s1. The highest BCUT2D eigenvalue weighted by molar-refractivity contribution is 5.84. The Morgan fingerprint density at radius 2 is 2.09 bits per heavy atom. The van der Waals surface area contributed by atoms with Crippen LogP contribution in [0.3, 0.4) is 0 Å². The first-order chi connectivity index (χ1) is 15.2. The summed E-state index contributed by atoms with van der Waals surface area (Å²) in [6.45, 7) is 3.83. The first kappa shape index (κ1) is 23.4. The van der Waals surface area contributed by atoms with Gasteiger partial charge in [0, 0.05) is 56.7 Å². The first-order valence-electron chi connectivity index (χ1n) is 11.6. The van der Waals surface area contributed by atoms with Gasteiger partial charge in [0.2, 0.25) is 5.91 Å². The number of carbonyl (C=O) groups is 1. The van der Waals surface area contributed by atoms with Crippen molar-refractivity contribution in [2.75, 3.05) is 19.8 Å². The monoisotopic (exact) mass is 455 g/mol. The van der Waals surface area contributed by atoms with Crippen molar-refractivity contribution in [2.24, 2.45) is 5.41 Å². The smallest absolute Gasteiger partial charge is 0.392 e. The summed E-state index contributed by atoms with van der Waals surface area (Å²) in [6, 6.07) is 1.60. The second-order valence-electron chi connectivity index (χ2n) is 9.38. The van der Waals surface area contributed by atoms with E-state index in [1.165, 1.54) is 0 Å². The number of halogens is 3. The Hall–Kier alpha value is -1.71. The van der Waals surface area contributed by atoms with Crippen molar-refractivity contribution in [1.82, 2.24) is 15.2 Å². The molecule has 2 aliphatic heterocycles. The maximum absolute atomic E-state index is 13.7. The van der Waals surface area contributed by atoms with Crippen molar-refractivity contribution in [3.05, 3.63) is 29.1 Å². The van der Waals surface area contributed by atoms with Crippen molar-refractivity contribution in [1.29, 1.82) is 0 Å². The highest BCUT2D eigenvalue weighted by Crippen LogP contribution is 2.45. The van der Waals surface area contributed by atoms with Crippen LogP contribution in [0.1, 0.15) is 62.3 Å². The molecule has 1 amide bonds. The zero-order chi connectivity index (χ0) is 22.9. The second kappa shape index (κ2) is 9.27. The highest BCUT2D eigenvalue weighted by atomic mass is 19.4. The van der Waals surface area contributed by atoms with Gasteiger partial charge in [-0.05, 0) is 50.2 Å². The predicted octanol–water partition coefficient (Wildman–Crippen LogP) is 3.06. The Balaban J connectivity index is 1.50. The summed E-state index contributed by atoms with van der Waals surface area (Å²) in [4.78, 5) is 19.3. The van der Waals surface area contributed by atoms with Crippen molar-refractivity contribution in [2.45, 2.75) is 82.8 Å². The average molecular weight is 456 g/mol. The van der Waals surface area contributed by atoms with Gasteiger partial charge in [-0.1, -0.05) is 6.92 Å². The minimum absolute atomic E-state index is 0.0985. The Kier molecular flexibility index (Phi) is 6.79. The first-order valence-corrected chi connectivity index (χ1v) is 11.6. The van der Waals surface area contributed by atoms with Crippen molar-refractivity contribution in [3.8, 4) is 0 Å². The molecular weight excluding hydrogens is 423 g/mol. The van der Waals surface area contributed by atoms with Crippen LogP contribution in [-0.4, -0.2) is 58.8 Å². The van der Waals surface area contributed by atoms with Gasteiger partial charge in [0.05, 0.1) is 17.1 Å². The number of hydrogen-bond donors (Lipinski definition) is 2. The molecule has 1 saturated carbocycles. The number of aliphatic hydroxyl groups excluding tert-OH is 1. The molecule has 6 nitrogen and oxygen atoms in total. The van der Waals surface area contributed by atoms with Gasteiger partial charge in [-0.15, -0.1) is 0 Å². The Morgan fingerprint density at radius 3 is 2.78 bits per heavy atom. The van der Waals surface area contributed by atoms with E-state index in [4.69, 9.17) is 4.74 Å². The Bertz CT molecular complexity index is 828. The van der Waals surface area contributed by atoms with E-state index < -0.39 is 23.3 Å². The number of aromatic nitrogens is 1. The third-order valence-electron chi connectivity index (χ3n) is 7.35. The summed E-state index contributed by atoms with van der Waals surface area (Å²) in [6.07, 6.45) is 0.276. The molecule has 3 aliphatic rings. The molecule has 178 valence electrons. The van der Waals surface area contributed by atoms with E-state index in [2.05, 4.69) is 10.3 Å². The number of alkyl halides is 3. The molecule has 0 bridgehead atoms. The largest absolute Gasteiger partial charge is 0.417 e. The molecule has 1 aromatic rings. The quantitative estimate of drug-likeness (QED) is 0.714. The van der Waals surface area contributed by atoms with E-state index in [-0.39, 0.29) is 18.5 Å². The Morgan fingerprint density at radius 1 is 1.34 bits per heavy atom. The number of carbonyl (C=O) groups excluding carboxylic acids is 1. The summed E-state index contributed by atoms with van der Waals surface area (Å²) in [5.41, 5.74) is -0.645. The molecule has 3 atom stereocenters. The molecule has 0 spiro atoms. The number of fused-ring (bicyclic) bond motifs is 1. The minimum Gasteiger partial charge on any atom is -0.392 e. The van der Waals surface area contributed by atoms with Crippen LogP contribution in [0.4, 0.5) is 13.2 Å². The number of aliphatic hydroxyl groups is 1. The molecular formula is C23H32F3N3O3. The number of nitrogens with zero attached hydrogens (tertiary/aromatic N) is 2. The van der Waals surface area contributed by atoms with Gasteiger partial charge in [0.25, 0.3) is 0 Å². The molecule has 0 radical (unpaired) electrons. The molecule has 1 saturated heterocycles. The Labute approximate surface area is 186 Å². The van der Waals surface area contributed by atoms with Crippen LogP contribution in [0.5, 0.6) is 0 Å². The van der Waals surface area contributed by atoms with E-state index in [1.54, 1.807) is 4.90 Å². The second-order valence-corrected chi connectivity index (χ2v) is 9.38.